The van der Waals surface area contributed by atoms with Crippen molar-refractivity contribution in [3.05, 3.63) is 0 Å². The first-order valence-corrected chi connectivity index (χ1v) is 7.12. The maximum atomic E-state index is 11.1. The molecule has 0 amide bonds. The van der Waals surface area contributed by atoms with Crippen LogP contribution in [0, 0.1) is 0 Å². The van der Waals surface area contributed by atoms with Gasteiger partial charge in [-0.1, -0.05) is 0 Å². The molecule has 0 rings (SSSR count). The Morgan fingerprint density at radius 2 is 1.73 bits per heavy atom. The molecule has 0 aliphatic rings. The highest BCUT2D eigenvalue weighted by molar-refractivity contribution is 7.61. The number of likely N-dealkylation sites (N-methyl/N-ethyl adjacent to an activating group) is 1. The Hall–Kier alpha value is 0.220. The largest absolute Gasteiger partial charge is 0.481 e. The molecule has 0 spiro atoms. The summed E-state index contributed by atoms with van der Waals surface area (Å²) < 4.78 is 34.6. The summed E-state index contributed by atoms with van der Waals surface area (Å²) in [5.74, 6) is 0. The maximum Gasteiger partial charge on any atom is 0.481 e. The molecular weight excluding hydrogens is 248 g/mol. The smallest absolute Gasteiger partial charge is 0.317 e. The van der Waals surface area contributed by atoms with Crippen molar-refractivity contribution in [3.8, 4) is 0 Å². The highest BCUT2D eigenvalue weighted by Crippen LogP contribution is 2.60. The van der Waals surface area contributed by atoms with Crippen molar-refractivity contribution in [2.75, 3.05) is 26.8 Å². The van der Waals surface area contributed by atoms with Crippen LogP contribution in [-0.4, -0.2) is 36.6 Å². The van der Waals surface area contributed by atoms with E-state index < -0.39 is 15.6 Å². The molecule has 15 heavy (non-hydrogen) atoms. The third-order valence-corrected chi connectivity index (χ3v) is 3.85. The molecule has 2 unspecified atom stereocenters. The van der Waals surface area contributed by atoms with E-state index in [9.17, 15) is 9.13 Å². The molecule has 92 valence electrons. The predicted molar refractivity (Wildman–Crippen MR) is 52.2 cm³/mol. The van der Waals surface area contributed by atoms with Gasteiger partial charge < -0.3 is 15.1 Å². The van der Waals surface area contributed by atoms with Crippen LogP contribution in [0.2, 0.25) is 0 Å². The minimum Gasteiger partial charge on any atom is -0.317 e. The van der Waals surface area contributed by atoms with Gasteiger partial charge in [-0.05, 0) is 14.0 Å². The molecule has 0 aromatic heterocycles. The SMILES string of the molecule is CCOP(=O)(O)OP(=O)(O)OCCNC. The first-order valence-electron chi connectivity index (χ1n) is 4.13. The van der Waals surface area contributed by atoms with Gasteiger partial charge in [0.05, 0.1) is 13.2 Å². The van der Waals surface area contributed by atoms with Crippen LogP contribution in [0.15, 0.2) is 0 Å². The second-order valence-corrected chi connectivity index (χ2v) is 5.42. The summed E-state index contributed by atoms with van der Waals surface area (Å²) in [6.45, 7) is 1.50. The van der Waals surface area contributed by atoms with Gasteiger partial charge in [-0.25, -0.2) is 9.13 Å². The highest BCUT2D eigenvalue weighted by Gasteiger charge is 2.34. The van der Waals surface area contributed by atoms with Crippen molar-refractivity contribution in [1.82, 2.24) is 5.32 Å². The number of rotatable bonds is 8. The Kier molecular flexibility index (Phi) is 6.83. The second kappa shape index (κ2) is 6.73. The van der Waals surface area contributed by atoms with Crippen molar-refractivity contribution in [3.63, 3.8) is 0 Å². The summed E-state index contributed by atoms with van der Waals surface area (Å²) in [6.07, 6.45) is 0. The van der Waals surface area contributed by atoms with E-state index in [-0.39, 0.29) is 13.2 Å². The monoisotopic (exact) mass is 263 g/mol. The summed E-state index contributed by atoms with van der Waals surface area (Å²) in [4.78, 5) is 17.9. The minimum absolute atomic E-state index is 0.121. The minimum atomic E-state index is -4.55. The quantitative estimate of drug-likeness (QED) is 0.428. The maximum absolute atomic E-state index is 11.1. The normalized spacial score (nSPS) is 19.5. The van der Waals surface area contributed by atoms with Crippen molar-refractivity contribution in [2.24, 2.45) is 0 Å². The average Bonchev–Trinajstić information content (AvgIpc) is 2.01. The number of nitrogens with one attached hydrogen (secondary N) is 1. The molecule has 0 heterocycles. The van der Waals surface area contributed by atoms with E-state index in [1.165, 1.54) is 6.92 Å². The van der Waals surface area contributed by atoms with Gasteiger partial charge in [-0.3, -0.25) is 9.05 Å². The molecule has 0 aliphatic carbocycles. The molecule has 2 atom stereocenters. The van der Waals surface area contributed by atoms with Crippen LogP contribution in [0.5, 0.6) is 0 Å². The Labute approximate surface area is 87.8 Å². The van der Waals surface area contributed by atoms with Crippen LogP contribution < -0.4 is 5.32 Å². The van der Waals surface area contributed by atoms with Gasteiger partial charge >= 0.3 is 15.6 Å². The Bertz CT molecular complexity index is 270. The van der Waals surface area contributed by atoms with Crippen LogP contribution in [0.25, 0.3) is 0 Å². The number of hydrogen-bond donors (Lipinski definition) is 3. The standard InChI is InChI=1S/C5H15NO7P2/c1-3-11-14(7,8)13-15(9,10)12-5-4-6-2/h6H,3-5H2,1-2H3,(H,7,8)(H,9,10). The van der Waals surface area contributed by atoms with E-state index in [0.717, 1.165) is 0 Å². The van der Waals surface area contributed by atoms with Crippen LogP contribution in [0.1, 0.15) is 6.92 Å². The molecule has 0 radical (unpaired) electrons. The Morgan fingerprint density at radius 1 is 1.20 bits per heavy atom. The van der Waals surface area contributed by atoms with Crippen molar-refractivity contribution < 1.29 is 32.3 Å². The topological polar surface area (TPSA) is 114 Å². The van der Waals surface area contributed by atoms with E-state index >= 15 is 0 Å². The van der Waals surface area contributed by atoms with E-state index in [0.29, 0.717) is 6.54 Å². The first kappa shape index (κ1) is 15.2. The molecule has 0 aromatic carbocycles. The van der Waals surface area contributed by atoms with Crippen molar-refractivity contribution >= 4 is 15.6 Å². The van der Waals surface area contributed by atoms with Crippen molar-refractivity contribution in [2.45, 2.75) is 6.92 Å². The van der Waals surface area contributed by atoms with Crippen LogP contribution in [0.3, 0.4) is 0 Å². The van der Waals surface area contributed by atoms with Crippen LogP contribution >= 0.6 is 15.6 Å². The van der Waals surface area contributed by atoms with Gasteiger partial charge in [0.15, 0.2) is 0 Å². The van der Waals surface area contributed by atoms with Gasteiger partial charge in [0, 0.05) is 6.54 Å². The second-order valence-electron chi connectivity index (χ2n) is 2.37. The zero-order valence-electron chi connectivity index (χ0n) is 8.45. The first-order chi connectivity index (χ1) is 6.83. The molecule has 8 nitrogen and oxygen atoms in total. The van der Waals surface area contributed by atoms with E-state index in [1.54, 1.807) is 7.05 Å². The fraction of sp³-hybridized carbons (Fsp3) is 1.00. The summed E-state index contributed by atoms with van der Waals surface area (Å²) >= 11 is 0. The third-order valence-electron chi connectivity index (χ3n) is 1.11. The lowest BCUT2D eigenvalue weighted by molar-refractivity contribution is 0.159. The van der Waals surface area contributed by atoms with E-state index in [4.69, 9.17) is 9.79 Å². The molecule has 0 aromatic rings. The summed E-state index contributed by atoms with van der Waals surface area (Å²) in [5.41, 5.74) is 0. The highest BCUT2D eigenvalue weighted by atomic mass is 31.3. The summed E-state index contributed by atoms with van der Waals surface area (Å²) in [7, 11) is -7.46. The molecular formula is C5H15NO7P2. The zero-order valence-corrected chi connectivity index (χ0v) is 10.2. The molecule has 0 saturated carbocycles. The fourth-order valence-electron chi connectivity index (χ4n) is 0.604. The third kappa shape index (κ3) is 8.07. The van der Waals surface area contributed by atoms with Crippen molar-refractivity contribution in [1.29, 1.82) is 0 Å². The lowest BCUT2D eigenvalue weighted by Gasteiger charge is -2.15. The van der Waals surface area contributed by atoms with E-state index in [2.05, 4.69) is 18.7 Å². The molecule has 3 N–H and O–H groups in total. The van der Waals surface area contributed by atoms with Gasteiger partial charge in [-0.15, -0.1) is 0 Å². The van der Waals surface area contributed by atoms with Crippen LogP contribution in [0.4, 0.5) is 0 Å². The zero-order chi connectivity index (χ0) is 11.9. The molecule has 0 bridgehead atoms. The molecule has 0 aliphatic heterocycles. The van der Waals surface area contributed by atoms with Crippen LogP contribution in [-0.2, 0) is 22.5 Å². The molecule has 0 saturated heterocycles. The summed E-state index contributed by atoms with van der Waals surface area (Å²) in [5, 5.41) is 2.65. The molecule has 10 heteroatoms. The number of phosphoric ester groups is 2. The summed E-state index contributed by atoms with van der Waals surface area (Å²) in [6, 6.07) is 0. The van der Waals surface area contributed by atoms with Gasteiger partial charge in [0.2, 0.25) is 0 Å². The Morgan fingerprint density at radius 3 is 2.20 bits per heavy atom. The average molecular weight is 263 g/mol. The lowest BCUT2D eigenvalue weighted by Crippen LogP contribution is -2.13. The fourth-order valence-corrected chi connectivity index (χ4v) is 2.67. The van der Waals surface area contributed by atoms with Gasteiger partial charge in [-0.2, -0.15) is 4.31 Å². The number of phosphoric acid groups is 2. The van der Waals surface area contributed by atoms with Gasteiger partial charge in [0.1, 0.15) is 0 Å². The lowest BCUT2D eigenvalue weighted by atomic mass is 10.7. The van der Waals surface area contributed by atoms with E-state index in [1.807, 2.05) is 0 Å². The molecule has 0 fully saturated rings. The van der Waals surface area contributed by atoms with Gasteiger partial charge in [0.25, 0.3) is 0 Å². The number of hydrogen-bond acceptors (Lipinski definition) is 6. The predicted octanol–water partition coefficient (Wildman–Crippen LogP) is 0.476. The Balaban J connectivity index is 4.12.